The lowest BCUT2D eigenvalue weighted by atomic mass is 10.0. The molecule has 0 radical (unpaired) electrons. The first-order chi connectivity index (χ1) is 18.9. The van der Waals surface area contributed by atoms with Crippen LogP contribution in [0.1, 0.15) is 42.8 Å². The van der Waals surface area contributed by atoms with Gasteiger partial charge in [-0.1, -0.05) is 71.9 Å². The predicted molar refractivity (Wildman–Crippen MR) is 150 cm³/mol. The molecule has 2 atom stereocenters. The highest BCUT2D eigenvalue weighted by Gasteiger charge is 2.28. The number of carbonyl (C=O) groups is 1. The molecule has 5 rings (SSSR count). The maximum Gasteiger partial charge on any atom is 0.245 e. The van der Waals surface area contributed by atoms with Gasteiger partial charge >= 0.3 is 0 Å². The summed E-state index contributed by atoms with van der Waals surface area (Å²) in [5.74, 6) is 0.651. The van der Waals surface area contributed by atoms with Gasteiger partial charge in [0, 0.05) is 11.8 Å². The summed E-state index contributed by atoms with van der Waals surface area (Å²) in [4.78, 5) is 20.0. The minimum absolute atomic E-state index is 0.0393. The van der Waals surface area contributed by atoms with Gasteiger partial charge in [-0.15, -0.1) is 5.10 Å². The molecule has 0 aliphatic heterocycles. The number of aromatic nitrogens is 5. The van der Waals surface area contributed by atoms with Crippen LogP contribution in [0.25, 0.3) is 16.9 Å². The van der Waals surface area contributed by atoms with E-state index in [-0.39, 0.29) is 24.5 Å². The van der Waals surface area contributed by atoms with E-state index in [0.717, 1.165) is 28.1 Å². The first-order valence-electron chi connectivity index (χ1n) is 12.9. The van der Waals surface area contributed by atoms with Gasteiger partial charge in [0.2, 0.25) is 5.91 Å². The fraction of sp³-hybridized carbons (Fsp3) is 0.226. The van der Waals surface area contributed by atoms with Crippen molar-refractivity contribution >= 4 is 5.91 Å². The van der Waals surface area contributed by atoms with Gasteiger partial charge < -0.3 is 14.2 Å². The molecule has 0 saturated carbocycles. The van der Waals surface area contributed by atoms with Gasteiger partial charge in [0.25, 0.3) is 0 Å². The van der Waals surface area contributed by atoms with Crippen LogP contribution in [-0.2, 0) is 11.3 Å². The number of benzene rings is 3. The molecular formula is C31H32N6O2. The lowest BCUT2D eigenvalue weighted by Gasteiger charge is -2.35. The summed E-state index contributed by atoms with van der Waals surface area (Å²) in [6.45, 7) is 6.15. The van der Waals surface area contributed by atoms with Crippen molar-refractivity contribution in [2.75, 3.05) is 7.11 Å². The molecule has 0 aliphatic rings. The molecule has 0 unspecified atom stereocenters. The summed E-state index contributed by atoms with van der Waals surface area (Å²) in [6.07, 6.45) is 5.50. The van der Waals surface area contributed by atoms with Gasteiger partial charge in [-0.2, -0.15) is 0 Å². The molecule has 0 N–H and O–H groups in total. The molecule has 0 spiro atoms. The van der Waals surface area contributed by atoms with E-state index >= 15 is 0 Å². The van der Waals surface area contributed by atoms with Crippen LogP contribution in [0.5, 0.6) is 5.75 Å². The SMILES string of the molecule is COc1cc(-c2cn(CC(=O)N([C@H](C)c3ccccc3)[C@H](C)c3ccccc3)nn2)ccc1-n1cnc(C)c1. The summed E-state index contributed by atoms with van der Waals surface area (Å²) >= 11 is 0. The second-order valence-electron chi connectivity index (χ2n) is 9.58. The number of methoxy groups -OCH3 is 1. The third-order valence-electron chi connectivity index (χ3n) is 6.99. The highest BCUT2D eigenvalue weighted by molar-refractivity contribution is 5.77. The molecule has 2 heterocycles. The van der Waals surface area contributed by atoms with Crippen molar-refractivity contribution in [3.8, 4) is 22.7 Å². The van der Waals surface area contributed by atoms with Gasteiger partial charge in [0.05, 0.1) is 43.1 Å². The number of hydrogen-bond donors (Lipinski definition) is 0. The van der Waals surface area contributed by atoms with Crippen molar-refractivity contribution in [1.29, 1.82) is 0 Å². The summed E-state index contributed by atoms with van der Waals surface area (Å²) in [5, 5.41) is 8.64. The highest BCUT2D eigenvalue weighted by atomic mass is 16.5. The Hall–Kier alpha value is -4.72. The molecule has 8 nitrogen and oxygen atoms in total. The third kappa shape index (κ3) is 5.60. The lowest BCUT2D eigenvalue weighted by molar-refractivity contribution is -0.136. The number of aryl methyl sites for hydroxylation is 1. The first-order valence-corrected chi connectivity index (χ1v) is 12.9. The smallest absolute Gasteiger partial charge is 0.245 e. The van der Waals surface area contributed by atoms with Crippen molar-refractivity contribution in [2.45, 2.75) is 39.4 Å². The van der Waals surface area contributed by atoms with E-state index in [1.807, 2.05) is 77.2 Å². The van der Waals surface area contributed by atoms with Gasteiger partial charge in [0.15, 0.2) is 0 Å². The number of amides is 1. The minimum atomic E-state index is -0.125. The van der Waals surface area contributed by atoms with E-state index in [1.54, 1.807) is 24.3 Å². The molecule has 8 heteroatoms. The van der Waals surface area contributed by atoms with Crippen molar-refractivity contribution in [3.63, 3.8) is 0 Å². The number of nitrogens with zero attached hydrogens (tertiary/aromatic N) is 6. The van der Waals surface area contributed by atoms with Gasteiger partial charge in [0.1, 0.15) is 18.0 Å². The molecule has 198 valence electrons. The van der Waals surface area contributed by atoms with Crippen LogP contribution in [0.2, 0.25) is 0 Å². The van der Waals surface area contributed by atoms with Crippen LogP contribution in [0.4, 0.5) is 0 Å². The van der Waals surface area contributed by atoms with Crippen LogP contribution >= 0.6 is 0 Å². The maximum atomic E-state index is 13.8. The van der Waals surface area contributed by atoms with Crippen LogP contribution in [0.15, 0.2) is 97.6 Å². The molecule has 2 aromatic heterocycles. The van der Waals surface area contributed by atoms with Crippen LogP contribution in [0.3, 0.4) is 0 Å². The predicted octanol–water partition coefficient (Wildman–Crippen LogP) is 5.80. The second kappa shape index (κ2) is 11.3. The zero-order valence-electron chi connectivity index (χ0n) is 22.6. The van der Waals surface area contributed by atoms with Crippen molar-refractivity contribution in [2.24, 2.45) is 0 Å². The summed E-state index contributed by atoms with van der Waals surface area (Å²) in [5.41, 5.74) is 5.46. The molecular weight excluding hydrogens is 488 g/mol. The molecule has 0 bridgehead atoms. The largest absolute Gasteiger partial charge is 0.495 e. The van der Waals surface area contributed by atoms with Gasteiger partial charge in [-0.3, -0.25) is 4.79 Å². The quantitative estimate of drug-likeness (QED) is 0.246. The topological polar surface area (TPSA) is 78.1 Å². The monoisotopic (exact) mass is 520 g/mol. The molecule has 3 aromatic carbocycles. The normalized spacial score (nSPS) is 12.6. The van der Waals surface area contributed by atoms with E-state index in [1.165, 1.54) is 0 Å². The van der Waals surface area contributed by atoms with E-state index in [4.69, 9.17) is 4.74 Å². The Labute approximate surface area is 228 Å². The molecule has 0 fully saturated rings. The average molecular weight is 521 g/mol. The highest BCUT2D eigenvalue weighted by Crippen LogP contribution is 2.32. The van der Waals surface area contributed by atoms with Crippen LogP contribution in [-0.4, -0.2) is 42.5 Å². The first kappa shape index (κ1) is 25.9. The Morgan fingerprint density at radius 1 is 0.923 bits per heavy atom. The summed E-state index contributed by atoms with van der Waals surface area (Å²) < 4.78 is 9.16. The standard InChI is InChI=1S/C31H32N6O2/c1-22-18-35(21-32-22)29-16-15-27(17-30(29)39-4)28-19-36(34-33-28)20-31(38)37(23(2)25-11-7-5-8-12-25)24(3)26-13-9-6-10-14-26/h5-19,21,23-24H,20H2,1-4H3/t23-,24-/m1/s1. The molecule has 0 saturated heterocycles. The van der Waals surface area contributed by atoms with E-state index in [0.29, 0.717) is 11.4 Å². The fourth-order valence-corrected chi connectivity index (χ4v) is 4.88. The number of rotatable bonds is 9. The number of carbonyl (C=O) groups excluding carboxylic acids is 1. The Bertz CT molecular complexity index is 1500. The molecule has 0 aliphatic carbocycles. The zero-order chi connectivity index (χ0) is 27.4. The molecule has 39 heavy (non-hydrogen) atoms. The Balaban J connectivity index is 1.39. The van der Waals surface area contributed by atoms with Crippen LogP contribution < -0.4 is 4.74 Å². The fourth-order valence-electron chi connectivity index (χ4n) is 4.88. The average Bonchev–Trinajstić information content (AvgIpc) is 3.62. The molecule has 5 aromatic rings. The van der Waals surface area contributed by atoms with Crippen LogP contribution in [0, 0.1) is 6.92 Å². The summed E-state index contributed by atoms with van der Waals surface area (Å²) in [7, 11) is 1.64. The Morgan fingerprint density at radius 2 is 1.56 bits per heavy atom. The number of hydrogen-bond acceptors (Lipinski definition) is 5. The Kier molecular flexibility index (Phi) is 7.54. The number of imidazole rings is 1. The minimum Gasteiger partial charge on any atom is -0.495 e. The van der Waals surface area contributed by atoms with Crippen molar-refractivity contribution < 1.29 is 9.53 Å². The number of ether oxygens (including phenoxy) is 1. The third-order valence-corrected chi connectivity index (χ3v) is 6.99. The van der Waals surface area contributed by atoms with E-state index < -0.39 is 0 Å². The van der Waals surface area contributed by atoms with Gasteiger partial charge in [-0.25, -0.2) is 9.67 Å². The summed E-state index contributed by atoms with van der Waals surface area (Å²) in [6, 6.07) is 25.8. The maximum absolute atomic E-state index is 13.8. The van der Waals surface area contributed by atoms with E-state index in [2.05, 4.69) is 53.4 Å². The van der Waals surface area contributed by atoms with E-state index in [9.17, 15) is 4.79 Å². The Morgan fingerprint density at radius 3 is 2.13 bits per heavy atom. The van der Waals surface area contributed by atoms with Crippen molar-refractivity contribution in [3.05, 3.63) is 114 Å². The molecule has 1 amide bonds. The van der Waals surface area contributed by atoms with Crippen molar-refractivity contribution in [1.82, 2.24) is 29.4 Å². The second-order valence-corrected chi connectivity index (χ2v) is 9.58. The lowest BCUT2D eigenvalue weighted by Crippen LogP contribution is -2.38. The van der Waals surface area contributed by atoms with Gasteiger partial charge in [-0.05, 0) is 44.0 Å². The zero-order valence-corrected chi connectivity index (χ0v) is 22.6.